The van der Waals surface area contributed by atoms with Crippen molar-refractivity contribution in [3.05, 3.63) is 0 Å². The van der Waals surface area contributed by atoms with Crippen molar-refractivity contribution in [2.45, 2.75) is 127 Å². The third kappa shape index (κ3) is 0.0777. The van der Waals surface area contributed by atoms with Gasteiger partial charge in [0.25, 0.3) is 0 Å². The molecular weight excluding hydrogens is 412 g/mol. The summed E-state index contributed by atoms with van der Waals surface area (Å²) >= 11 is 0. The van der Waals surface area contributed by atoms with E-state index >= 15 is 0 Å². The molecule has 0 N–H and O–H groups in total. The molecule has 20 aliphatic rings. The van der Waals surface area contributed by atoms with E-state index < -0.39 is 13.0 Å². The first kappa shape index (κ1) is 9.26. The molecule has 144 valence electrons. The second-order valence-corrected chi connectivity index (χ2v) is 67.9. The van der Waals surface area contributed by atoms with Gasteiger partial charge >= 0.3 is 140 Å². The van der Waals surface area contributed by atoms with E-state index in [-0.39, 0.29) is 0 Å². The topological polar surface area (TPSA) is 0 Å². The van der Waals surface area contributed by atoms with Gasteiger partial charge in [0, 0.05) is 0 Å². The van der Waals surface area contributed by atoms with Crippen molar-refractivity contribution in [2.75, 3.05) is 0 Å². The minimum atomic E-state index is -3.02. The van der Waals surface area contributed by atoms with Crippen LogP contribution in [0.2, 0.25) is 94.3 Å². The molecule has 2 heteroatoms. The predicted molar refractivity (Wildman–Crippen MR) is 96.0 cm³/mol. The first-order chi connectivity index (χ1) is 12.7. The SMILES string of the molecule is CC[C]12[CH]3[CH]4[CH]5[C]1(C[C]16[CH]7[CH]8[CH]9[C]1(CC)[Fe]89761%10%11%12[CH]6[CH]1[CH]%10[CH]%11[CH]6%12)[Fe]43521678[CH]2[CH]1[CH]6[CH]7[CH]28. The molecule has 0 aliphatic carbocycles. The molecule has 20 saturated heterocycles. The molecule has 20 aliphatic heterocycles. The third-order valence-electron chi connectivity index (χ3n) is 32.6. The van der Waals surface area contributed by atoms with Gasteiger partial charge in [-0.25, -0.2) is 0 Å². The van der Waals surface area contributed by atoms with Gasteiger partial charge in [0.1, 0.15) is 0 Å². The van der Waals surface area contributed by atoms with Gasteiger partial charge in [-0.15, -0.1) is 0 Å². The Kier molecular flexibility index (Phi) is 0.228. The summed E-state index contributed by atoms with van der Waals surface area (Å²) in [5.74, 6) is 0. The van der Waals surface area contributed by atoms with Crippen molar-refractivity contribution in [3.63, 3.8) is 0 Å². The van der Waals surface area contributed by atoms with E-state index in [1.54, 1.807) is 89.9 Å². The fraction of sp³-hybridized carbons (Fsp3) is 1.00. The van der Waals surface area contributed by atoms with E-state index in [1.165, 1.54) is 17.3 Å². The van der Waals surface area contributed by atoms with Gasteiger partial charge in [-0.05, 0) is 0 Å². The number of hydrogen-bond donors (Lipinski definition) is 0. The zero-order chi connectivity index (χ0) is 16.0. The van der Waals surface area contributed by atoms with Crippen molar-refractivity contribution >= 4 is 0 Å². The van der Waals surface area contributed by atoms with Crippen LogP contribution in [0, 0.1) is 0 Å². The standard InChI is InChI=1S/C15H18.2C5H5.2Fe/c1-3-12-7-5-9-14(12)11-15-10-6-8-13(15)4-2;2*1-2-4-5-3-1;;/h5-10H,3-4,11H2,1-2H3;2*1-5H;;. The summed E-state index contributed by atoms with van der Waals surface area (Å²) in [5, 5.41) is 0. The first-order valence-corrected chi connectivity index (χ1v) is 25.5. The Morgan fingerprint density at radius 2 is 0.741 bits per heavy atom. The maximum absolute atomic E-state index is 3.02. The fourth-order valence-electron chi connectivity index (χ4n) is 38.5. The summed E-state index contributed by atoms with van der Waals surface area (Å²) < 4.78 is 4.98. The van der Waals surface area contributed by atoms with Crippen LogP contribution in [0.5, 0.6) is 0 Å². The minimum absolute atomic E-state index is 1.22. The molecule has 0 aromatic carbocycles. The van der Waals surface area contributed by atoms with Crippen molar-refractivity contribution in [1.29, 1.82) is 0 Å². The molecule has 0 bridgehead atoms. The molecule has 0 nitrogen and oxygen atoms in total. The molecule has 0 saturated carbocycles. The van der Waals surface area contributed by atoms with Crippen LogP contribution in [0.1, 0.15) is 33.1 Å². The first-order valence-electron chi connectivity index (χ1n) is 13.1. The zero-order valence-electron chi connectivity index (χ0n) is 16.1. The van der Waals surface area contributed by atoms with Crippen LogP contribution in [0.15, 0.2) is 0 Å². The monoisotopic (exact) mass is 440 g/mol. The molecule has 0 radical (unpaired) electrons. The molecule has 0 aromatic heterocycles. The fourth-order valence-corrected chi connectivity index (χ4v) is 196. The summed E-state index contributed by atoms with van der Waals surface area (Å²) in [6.07, 6.45) is 5.61. The van der Waals surface area contributed by atoms with Crippen LogP contribution in [-0.2, 0) is 13.0 Å². The summed E-state index contributed by atoms with van der Waals surface area (Å²) in [6.45, 7) is -0.495. The van der Waals surface area contributed by atoms with Crippen LogP contribution in [-0.4, -0.2) is 0 Å². The second kappa shape index (κ2) is 0.665. The maximum atomic E-state index is 2.77. The second-order valence-electron chi connectivity index (χ2n) is 21.0. The molecule has 0 amide bonds. The average Bonchev–Trinajstić information content (AvgIpc) is 3.55. The third-order valence-corrected chi connectivity index (χ3v) is 121. The molecule has 2 spiro atoms. The summed E-state index contributed by atoms with van der Waals surface area (Å²) in [7, 11) is 0. The van der Waals surface area contributed by atoms with Crippen LogP contribution in [0.25, 0.3) is 0 Å². The number of rotatable bonds is 4. The average molecular weight is 440 g/mol. The van der Waals surface area contributed by atoms with Gasteiger partial charge in [0.2, 0.25) is 0 Å². The number of hydrogen-bond acceptors (Lipinski definition) is 0. The van der Waals surface area contributed by atoms with Crippen molar-refractivity contribution < 1.29 is 13.0 Å². The molecule has 10 atom stereocenters. The zero-order valence-corrected chi connectivity index (χ0v) is 18.3. The van der Waals surface area contributed by atoms with Gasteiger partial charge in [-0.2, -0.15) is 0 Å². The Balaban J connectivity index is 1.13. The van der Waals surface area contributed by atoms with Crippen LogP contribution in [0.3, 0.4) is 0 Å². The molecule has 20 rings (SSSR count). The Bertz CT molecular complexity index is 1950. The summed E-state index contributed by atoms with van der Waals surface area (Å²) in [5.41, 5.74) is 0. The Morgan fingerprint density at radius 1 is 0.444 bits per heavy atom. The van der Waals surface area contributed by atoms with E-state index in [2.05, 4.69) is 20.3 Å². The van der Waals surface area contributed by atoms with Gasteiger partial charge in [0.05, 0.1) is 0 Å². The van der Waals surface area contributed by atoms with Crippen molar-refractivity contribution in [2.24, 2.45) is 0 Å². The molecular formula is C25H28Fe2. The van der Waals surface area contributed by atoms with Crippen LogP contribution >= 0.6 is 0 Å². The quantitative estimate of drug-likeness (QED) is 0.385. The van der Waals surface area contributed by atoms with Gasteiger partial charge in [0.15, 0.2) is 0 Å². The Morgan fingerprint density at radius 3 is 0.926 bits per heavy atom. The van der Waals surface area contributed by atoms with E-state index in [1.807, 2.05) is 0 Å². The van der Waals surface area contributed by atoms with E-state index in [4.69, 9.17) is 0 Å². The van der Waals surface area contributed by atoms with E-state index in [9.17, 15) is 0 Å². The summed E-state index contributed by atoms with van der Waals surface area (Å²) in [4.78, 5) is 25.3. The molecule has 27 heavy (non-hydrogen) atoms. The van der Waals surface area contributed by atoms with E-state index in [0.717, 1.165) is 0 Å². The van der Waals surface area contributed by atoms with Gasteiger partial charge in [-0.3, -0.25) is 0 Å². The van der Waals surface area contributed by atoms with Crippen molar-refractivity contribution in [3.8, 4) is 0 Å². The molecule has 10 unspecified atom stereocenters. The Labute approximate surface area is 139 Å². The van der Waals surface area contributed by atoms with Crippen molar-refractivity contribution in [1.82, 2.24) is 0 Å². The van der Waals surface area contributed by atoms with Gasteiger partial charge < -0.3 is 0 Å². The number of fused-ring (bicyclic) bond motifs is 20. The van der Waals surface area contributed by atoms with Gasteiger partial charge in [-0.1, -0.05) is 0 Å². The van der Waals surface area contributed by atoms with Crippen LogP contribution in [0.4, 0.5) is 0 Å². The predicted octanol–water partition coefficient (Wildman–Crippen LogP) is 8.46. The normalized spacial score (nSPS) is 153. The Hall–Kier alpha value is 1.04. The molecule has 0 aromatic rings. The van der Waals surface area contributed by atoms with E-state index in [0.29, 0.717) is 0 Å². The van der Waals surface area contributed by atoms with Crippen LogP contribution < -0.4 is 0 Å². The molecule has 20 fully saturated rings. The molecule has 20 heterocycles. The summed E-state index contributed by atoms with van der Waals surface area (Å²) in [6, 6.07) is 0.